The summed E-state index contributed by atoms with van der Waals surface area (Å²) in [5.74, 6) is 0.851. The number of hydrogen-bond acceptors (Lipinski definition) is 3. The molecule has 1 aromatic carbocycles. The number of benzene rings is 1. The number of H-pyrrole nitrogens is 1. The molecule has 1 atom stereocenters. The van der Waals surface area contributed by atoms with E-state index >= 15 is 0 Å². The van der Waals surface area contributed by atoms with Crippen LogP contribution in [-0.2, 0) is 17.6 Å². The van der Waals surface area contributed by atoms with Crippen molar-refractivity contribution in [3.05, 3.63) is 47.8 Å². The van der Waals surface area contributed by atoms with E-state index in [1.54, 1.807) is 6.20 Å². The molecule has 2 aliphatic heterocycles. The lowest BCUT2D eigenvalue weighted by atomic mass is 9.93. The SMILES string of the molecule is O=C(CCN1CCc2ccccc21)N1CCC[C@H](Cc2ccn[nH]2)C1. The summed E-state index contributed by atoms with van der Waals surface area (Å²) in [7, 11) is 0. The first-order valence-electron chi connectivity index (χ1n) is 9.38. The van der Waals surface area contributed by atoms with E-state index in [0.29, 0.717) is 18.2 Å². The average molecular weight is 338 g/mol. The summed E-state index contributed by atoms with van der Waals surface area (Å²) >= 11 is 0. The minimum Gasteiger partial charge on any atom is -0.370 e. The van der Waals surface area contributed by atoms with E-state index in [-0.39, 0.29) is 0 Å². The van der Waals surface area contributed by atoms with Gasteiger partial charge in [-0.25, -0.2) is 0 Å². The fourth-order valence-corrected chi connectivity index (χ4v) is 4.20. The van der Waals surface area contributed by atoms with Crippen LogP contribution in [0.2, 0.25) is 0 Å². The minimum absolute atomic E-state index is 0.304. The van der Waals surface area contributed by atoms with E-state index in [4.69, 9.17) is 0 Å². The second kappa shape index (κ2) is 7.30. The molecule has 2 aromatic rings. The number of aromatic amines is 1. The zero-order valence-electron chi connectivity index (χ0n) is 14.7. The van der Waals surface area contributed by atoms with Crippen LogP contribution < -0.4 is 4.90 Å². The van der Waals surface area contributed by atoms with E-state index in [9.17, 15) is 4.79 Å². The number of anilines is 1. The molecule has 132 valence electrons. The molecule has 5 nitrogen and oxygen atoms in total. The molecule has 1 amide bonds. The van der Waals surface area contributed by atoms with Gasteiger partial charge in [0.25, 0.3) is 0 Å². The van der Waals surface area contributed by atoms with Gasteiger partial charge in [0.1, 0.15) is 0 Å². The van der Waals surface area contributed by atoms with E-state index < -0.39 is 0 Å². The predicted octanol–water partition coefficient (Wildman–Crippen LogP) is 2.64. The van der Waals surface area contributed by atoms with Crippen molar-refractivity contribution in [1.82, 2.24) is 15.1 Å². The standard InChI is InChI=1S/C20H26N4O/c25-20(9-13-23-12-8-17-5-1-2-6-19(17)23)24-11-3-4-16(15-24)14-18-7-10-21-22-18/h1-2,5-7,10,16H,3-4,8-9,11-15H2,(H,21,22)/t16-/m1/s1. The summed E-state index contributed by atoms with van der Waals surface area (Å²) in [6, 6.07) is 10.6. The Labute approximate surface area is 149 Å². The first-order valence-corrected chi connectivity index (χ1v) is 9.38. The summed E-state index contributed by atoms with van der Waals surface area (Å²) in [5, 5.41) is 7.06. The lowest BCUT2D eigenvalue weighted by Gasteiger charge is -2.33. The zero-order valence-corrected chi connectivity index (χ0v) is 14.7. The molecule has 1 fully saturated rings. The normalized spacial score (nSPS) is 19.9. The summed E-state index contributed by atoms with van der Waals surface area (Å²) in [6.07, 6.45) is 6.81. The Morgan fingerprint density at radius 3 is 3.04 bits per heavy atom. The van der Waals surface area contributed by atoms with Crippen LogP contribution in [0.1, 0.15) is 30.5 Å². The number of para-hydroxylation sites is 1. The van der Waals surface area contributed by atoms with Crippen LogP contribution in [0.25, 0.3) is 0 Å². The molecule has 1 saturated heterocycles. The number of hydrogen-bond donors (Lipinski definition) is 1. The number of nitrogens with one attached hydrogen (secondary N) is 1. The quantitative estimate of drug-likeness (QED) is 0.912. The van der Waals surface area contributed by atoms with Crippen LogP contribution in [0.4, 0.5) is 5.69 Å². The van der Waals surface area contributed by atoms with Crippen molar-refractivity contribution in [3.8, 4) is 0 Å². The van der Waals surface area contributed by atoms with Gasteiger partial charge in [-0.3, -0.25) is 9.89 Å². The van der Waals surface area contributed by atoms with Crippen molar-refractivity contribution < 1.29 is 4.79 Å². The van der Waals surface area contributed by atoms with E-state index in [2.05, 4.69) is 44.3 Å². The number of carbonyl (C=O) groups excluding carboxylic acids is 1. The van der Waals surface area contributed by atoms with Crippen LogP contribution in [0, 0.1) is 5.92 Å². The minimum atomic E-state index is 0.304. The molecule has 0 unspecified atom stereocenters. The Bertz CT molecular complexity index is 712. The Morgan fingerprint density at radius 2 is 2.16 bits per heavy atom. The fraction of sp³-hybridized carbons (Fsp3) is 0.500. The molecule has 25 heavy (non-hydrogen) atoms. The largest absolute Gasteiger partial charge is 0.370 e. The second-order valence-electron chi connectivity index (χ2n) is 7.25. The van der Waals surface area contributed by atoms with Crippen LogP contribution in [0.15, 0.2) is 36.5 Å². The fourth-order valence-electron chi connectivity index (χ4n) is 4.20. The number of carbonyl (C=O) groups is 1. The van der Waals surface area contributed by atoms with Crippen LogP contribution in [0.3, 0.4) is 0 Å². The number of likely N-dealkylation sites (tertiary alicyclic amines) is 1. The number of rotatable bonds is 5. The molecule has 0 spiro atoms. The molecular formula is C20H26N4O. The Balaban J connectivity index is 1.29. The van der Waals surface area contributed by atoms with Crippen LogP contribution >= 0.6 is 0 Å². The van der Waals surface area contributed by atoms with Gasteiger partial charge in [-0.2, -0.15) is 5.10 Å². The monoisotopic (exact) mass is 338 g/mol. The molecule has 1 N–H and O–H groups in total. The number of aromatic nitrogens is 2. The maximum absolute atomic E-state index is 12.7. The molecule has 4 rings (SSSR count). The number of piperidine rings is 1. The first-order chi connectivity index (χ1) is 12.3. The lowest BCUT2D eigenvalue weighted by molar-refractivity contribution is -0.132. The van der Waals surface area contributed by atoms with Crippen LogP contribution in [-0.4, -0.2) is 47.2 Å². The molecule has 5 heteroatoms. The zero-order chi connectivity index (χ0) is 17.1. The molecular weight excluding hydrogens is 312 g/mol. The van der Waals surface area contributed by atoms with Crippen molar-refractivity contribution >= 4 is 11.6 Å². The topological polar surface area (TPSA) is 52.2 Å². The van der Waals surface area contributed by atoms with Crippen molar-refractivity contribution in [2.24, 2.45) is 5.92 Å². The van der Waals surface area contributed by atoms with Crippen molar-refractivity contribution in [2.45, 2.75) is 32.1 Å². The highest BCUT2D eigenvalue weighted by Gasteiger charge is 2.25. The Kier molecular flexibility index (Phi) is 4.72. The highest BCUT2D eigenvalue weighted by molar-refractivity contribution is 5.77. The highest BCUT2D eigenvalue weighted by Crippen LogP contribution is 2.27. The first kappa shape index (κ1) is 16.2. The van der Waals surface area contributed by atoms with Crippen molar-refractivity contribution in [1.29, 1.82) is 0 Å². The number of nitrogens with zero attached hydrogens (tertiary/aromatic N) is 3. The van der Waals surface area contributed by atoms with E-state index in [1.807, 2.05) is 6.07 Å². The maximum Gasteiger partial charge on any atom is 0.224 e. The van der Waals surface area contributed by atoms with Gasteiger partial charge >= 0.3 is 0 Å². The third kappa shape index (κ3) is 3.70. The van der Waals surface area contributed by atoms with Crippen molar-refractivity contribution in [3.63, 3.8) is 0 Å². The average Bonchev–Trinajstić information content (AvgIpc) is 3.30. The van der Waals surface area contributed by atoms with Gasteiger partial charge in [0.2, 0.25) is 5.91 Å². The smallest absolute Gasteiger partial charge is 0.224 e. The van der Waals surface area contributed by atoms with Crippen LogP contribution in [0.5, 0.6) is 0 Å². The van der Waals surface area contributed by atoms with Gasteiger partial charge in [0.15, 0.2) is 0 Å². The van der Waals surface area contributed by atoms with Gasteiger partial charge in [0.05, 0.1) is 0 Å². The molecule has 2 aliphatic rings. The molecule has 0 aliphatic carbocycles. The molecule has 0 saturated carbocycles. The summed E-state index contributed by atoms with van der Waals surface area (Å²) < 4.78 is 0. The summed E-state index contributed by atoms with van der Waals surface area (Å²) in [6.45, 7) is 3.66. The van der Waals surface area contributed by atoms with E-state index in [0.717, 1.165) is 45.4 Å². The molecule has 0 radical (unpaired) electrons. The predicted molar refractivity (Wildman–Crippen MR) is 98.6 cm³/mol. The lowest BCUT2D eigenvalue weighted by Crippen LogP contribution is -2.41. The maximum atomic E-state index is 12.7. The van der Waals surface area contributed by atoms with Gasteiger partial charge in [0, 0.05) is 50.2 Å². The third-order valence-corrected chi connectivity index (χ3v) is 5.52. The van der Waals surface area contributed by atoms with Gasteiger partial charge in [-0.1, -0.05) is 18.2 Å². The third-order valence-electron chi connectivity index (χ3n) is 5.52. The second-order valence-corrected chi connectivity index (χ2v) is 7.25. The molecule has 0 bridgehead atoms. The molecule has 1 aromatic heterocycles. The Hall–Kier alpha value is -2.30. The highest BCUT2D eigenvalue weighted by atomic mass is 16.2. The Morgan fingerprint density at radius 1 is 1.24 bits per heavy atom. The molecule has 3 heterocycles. The summed E-state index contributed by atoms with van der Waals surface area (Å²) in [4.78, 5) is 17.1. The summed E-state index contributed by atoms with van der Waals surface area (Å²) in [5.41, 5.74) is 3.89. The number of amides is 1. The number of fused-ring (bicyclic) bond motifs is 1. The van der Waals surface area contributed by atoms with Crippen molar-refractivity contribution in [2.75, 3.05) is 31.1 Å². The van der Waals surface area contributed by atoms with Gasteiger partial charge < -0.3 is 9.80 Å². The van der Waals surface area contributed by atoms with Gasteiger partial charge in [-0.15, -0.1) is 0 Å². The van der Waals surface area contributed by atoms with Gasteiger partial charge in [-0.05, 0) is 49.3 Å². The van der Waals surface area contributed by atoms with E-state index in [1.165, 1.54) is 23.4 Å².